The number of hydrogen-bond donors (Lipinski definition) is 1. The second-order valence-electron chi connectivity index (χ2n) is 7.60. The highest BCUT2D eigenvalue weighted by Crippen LogP contribution is 2.28. The van der Waals surface area contributed by atoms with Crippen molar-refractivity contribution in [3.05, 3.63) is 63.1 Å². The Hall–Kier alpha value is -2.47. The van der Waals surface area contributed by atoms with Gasteiger partial charge in [-0.1, -0.05) is 11.6 Å². The fourth-order valence-corrected chi connectivity index (χ4v) is 5.49. The van der Waals surface area contributed by atoms with E-state index in [1.54, 1.807) is 30.3 Å². The molecule has 170 valence electrons. The van der Waals surface area contributed by atoms with Crippen LogP contribution in [-0.4, -0.2) is 52.3 Å². The van der Waals surface area contributed by atoms with Crippen molar-refractivity contribution in [2.24, 2.45) is 0 Å². The minimum atomic E-state index is -3.35. The van der Waals surface area contributed by atoms with Gasteiger partial charge in [-0.25, -0.2) is 26.8 Å². The lowest BCUT2D eigenvalue weighted by atomic mass is 9.99. The highest BCUT2D eigenvalue weighted by Gasteiger charge is 2.32. The van der Waals surface area contributed by atoms with Crippen LogP contribution >= 0.6 is 22.9 Å². The number of carbonyl (C=O) groups excluding carboxylic acids is 1. The molecule has 9 nitrogen and oxygen atoms in total. The predicted octanol–water partition coefficient (Wildman–Crippen LogP) is 2.53. The molecule has 32 heavy (non-hydrogen) atoms. The highest BCUT2D eigenvalue weighted by atomic mass is 35.5. The van der Waals surface area contributed by atoms with Gasteiger partial charge in [0.2, 0.25) is 15.9 Å². The van der Waals surface area contributed by atoms with Crippen LogP contribution in [0.2, 0.25) is 5.02 Å². The minimum absolute atomic E-state index is 0.248. The number of carbonyl (C=O) groups is 1. The number of aromatic nitrogens is 3. The first-order valence-electron chi connectivity index (χ1n) is 9.96. The smallest absolute Gasteiger partial charge is 0.324 e. The number of hydrogen-bond acceptors (Lipinski definition) is 6. The zero-order chi connectivity index (χ0) is 22.9. The molecule has 2 aromatic heterocycles. The second-order valence-corrected chi connectivity index (χ2v) is 10.9. The summed E-state index contributed by atoms with van der Waals surface area (Å²) in [4.78, 5) is 25.7. The second kappa shape index (κ2) is 9.18. The zero-order valence-corrected chi connectivity index (χ0v) is 19.7. The molecule has 1 aliphatic heterocycles. The number of nitrogens with zero attached hydrogens (tertiary/aromatic N) is 4. The van der Waals surface area contributed by atoms with Gasteiger partial charge in [0.05, 0.1) is 6.26 Å². The Morgan fingerprint density at radius 1 is 1.28 bits per heavy atom. The Kier molecular flexibility index (Phi) is 6.52. The van der Waals surface area contributed by atoms with Gasteiger partial charge < -0.3 is 5.32 Å². The van der Waals surface area contributed by atoms with Crippen molar-refractivity contribution in [1.82, 2.24) is 18.7 Å². The predicted molar refractivity (Wildman–Crippen MR) is 124 cm³/mol. The Morgan fingerprint density at radius 3 is 2.69 bits per heavy atom. The van der Waals surface area contributed by atoms with Crippen LogP contribution in [0.15, 0.2) is 46.6 Å². The molecule has 12 heteroatoms. The maximum absolute atomic E-state index is 13.2. The van der Waals surface area contributed by atoms with Gasteiger partial charge in [0.1, 0.15) is 17.4 Å². The summed E-state index contributed by atoms with van der Waals surface area (Å²) in [7, 11) is -3.35. The monoisotopic (exact) mass is 495 g/mol. The van der Waals surface area contributed by atoms with Gasteiger partial charge in [-0.3, -0.25) is 4.79 Å². The van der Waals surface area contributed by atoms with Gasteiger partial charge in [0.25, 0.3) is 0 Å². The van der Waals surface area contributed by atoms with Crippen molar-refractivity contribution in [2.45, 2.75) is 25.3 Å². The van der Waals surface area contributed by atoms with Crippen LogP contribution < -0.4 is 11.0 Å². The van der Waals surface area contributed by atoms with Gasteiger partial charge in [-0.05, 0) is 54.6 Å². The van der Waals surface area contributed by atoms with Gasteiger partial charge >= 0.3 is 5.69 Å². The fraction of sp³-hybridized carbons (Fsp3) is 0.350. The molecule has 3 aromatic rings. The van der Waals surface area contributed by atoms with Crippen molar-refractivity contribution in [3.8, 4) is 5.00 Å². The van der Waals surface area contributed by atoms with E-state index in [0.29, 0.717) is 40.9 Å². The van der Waals surface area contributed by atoms with Crippen LogP contribution in [0.25, 0.3) is 5.00 Å². The SMILES string of the molecule is CS(=O)(=O)N1CCCC(c2nn(CC(=O)Nc3ccc(Cl)cc3)c(=O)n2-c2cccs2)C1. The number of rotatable bonds is 6. The summed E-state index contributed by atoms with van der Waals surface area (Å²) in [6.45, 7) is 0.426. The number of thiophene rings is 1. The lowest BCUT2D eigenvalue weighted by Crippen LogP contribution is -2.39. The maximum atomic E-state index is 13.2. The van der Waals surface area contributed by atoms with Crippen molar-refractivity contribution >= 4 is 44.6 Å². The molecule has 1 aromatic carbocycles. The lowest BCUT2D eigenvalue weighted by molar-refractivity contribution is -0.117. The molecule has 0 bridgehead atoms. The molecule has 1 amide bonds. The molecule has 3 heterocycles. The van der Waals surface area contributed by atoms with Crippen molar-refractivity contribution in [1.29, 1.82) is 0 Å². The van der Waals surface area contributed by atoms with Gasteiger partial charge in [-0.15, -0.1) is 11.3 Å². The standard InChI is InChI=1S/C20H22ClN5O4S2/c1-32(29,30)24-10-2-4-14(12-24)19-23-25(20(28)26(19)18-5-3-11-31-18)13-17(27)22-16-8-6-15(21)7-9-16/h3,5-9,11,14H,2,4,10,12-13H2,1H3,(H,22,27). The quantitative estimate of drug-likeness (QED) is 0.565. The number of benzene rings is 1. The van der Waals surface area contributed by atoms with E-state index >= 15 is 0 Å². The Bertz CT molecular complexity index is 1270. The lowest BCUT2D eigenvalue weighted by Gasteiger charge is -2.30. The van der Waals surface area contributed by atoms with E-state index in [2.05, 4.69) is 10.4 Å². The summed E-state index contributed by atoms with van der Waals surface area (Å²) >= 11 is 7.24. The van der Waals surface area contributed by atoms with E-state index in [4.69, 9.17) is 11.6 Å². The normalized spacial score (nSPS) is 17.4. The first kappa shape index (κ1) is 22.7. The molecule has 0 aliphatic carbocycles. The van der Waals surface area contributed by atoms with Gasteiger partial charge in [0.15, 0.2) is 0 Å². The van der Waals surface area contributed by atoms with Crippen LogP contribution in [0.1, 0.15) is 24.6 Å². The molecule has 1 saturated heterocycles. The van der Waals surface area contributed by atoms with Crippen LogP contribution in [0, 0.1) is 0 Å². The summed E-state index contributed by atoms with van der Waals surface area (Å²) in [6, 6.07) is 10.3. The Balaban J connectivity index is 1.64. The Morgan fingerprint density at radius 2 is 2.03 bits per heavy atom. The first-order valence-corrected chi connectivity index (χ1v) is 13.1. The van der Waals surface area contributed by atoms with E-state index in [0.717, 1.165) is 4.68 Å². The van der Waals surface area contributed by atoms with E-state index in [1.165, 1.54) is 26.5 Å². The number of sulfonamides is 1. The first-order chi connectivity index (χ1) is 15.2. The summed E-state index contributed by atoms with van der Waals surface area (Å²) in [5.41, 5.74) is 0.117. The molecule has 0 spiro atoms. The van der Waals surface area contributed by atoms with Gasteiger partial charge in [0, 0.05) is 29.7 Å². The molecule has 1 aliphatic rings. The topological polar surface area (TPSA) is 106 Å². The third-order valence-corrected chi connectivity index (χ3v) is 7.61. The molecule has 0 radical (unpaired) electrons. The van der Waals surface area contributed by atoms with E-state index in [-0.39, 0.29) is 19.0 Å². The third kappa shape index (κ3) is 4.96. The summed E-state index contributed by atoms with van der Waals surface area (Å²) in [5.74, 6) is -0.197. The fourth-order valence-electron chi connectivity index (χ4n) is 3.72. The summed E-state index contributed by atoms with van der Waals surface area (Å²) < 4.78 is 28.1. The highest BCUT2D eigenvalue weighted by molar-refractivity contribution is 7.88. The average molecular weight is 496 g/mol. The molecule has 1 unspecified atom stereocenters. The van der Waals surface area contributed by atoms with E-state index < -0.39 is 21.6 Å². The van der Waals surface area contributed by atoms with E-state index in [1.807, 2.05) is 11.4 Å². The van der Waals surface area contributed by atoms with Crippen LogP contribution in [0.5, 0.6) is 0 Å². The van der Waals surface area contributed by atoms with Crippen molar-refractivity contribution in [2.75, 3.05) is 24.7 Å². The van der Waals surface area contributed by atoms with Crippen molar-refractivity contribution < 1.29 is 13.2 Å². The average Bonchev–Trinajstić information content (AvgIpc) is 3.38. The molecule has 1 atom stereocenters. The number of anilines is 1. The van der Waals surface area contributed by atoms with E-state index in [9.17, 15) is 18.0 Å². The molecule has 1 fully saturated rings. The third-order valence-electron chi connectivity index (χ3n) is 5.23. The van der Waals surface area contributed by atoms with Crippen LogP contribution in [-0.2, 0) is 21.4 Å². The number of nitrogens with one attached hydrogen (secondary N) is 1. The molecular formula is C20H22ClN5O4S2. The summed E-state index contributed by atoms with van der Waals surface area (Å²) in [5, 5.41) is 10.3. The molecular weight excluding hydrogens is 474 g/mol. The number of halogens is 1. The van der Waals surface area contributed by atoms with Crippen LogP contribution in [0.4, 0.5) is 5.69 Å². The zero-order valence-electron chi connectivity index (χ0n) is 17.3. The van der Waals surface area contributed by atoms with Gasteiger partial charge in [-0.2, -0.15) is 5.10 Å². The van der Waals surface area contributed by atoms with Crippen molar-refractivity contribution in [3.63, 3.8) is 0 Å². The number of amides is 1. The largest absolute Gasteiger partial charge is 0.351 e. The molecule has 0 saturated carbocycles. The molecule has 4 rings (SSSR count). The Labute approximate surface area is 194 Å². The minimum Gasteiger partial charge on any atom is -0.324 e. The maximum Gasteiger partial charge on any atom is 0.351 e. The molecule has 1 N–H and O–H groups in total. The van der Waals surface area contributed by atoms with Crippen LogP contribution in [0.3, 0.4) is 0 Å². The summed E-state index contributed by atoms with van der Waals surface area (Å²) in [6.07, 6.45) is 2.55. The number of piperidine rings is 1.